The van der Waals surface area contributed by atoms with E-state index in [9.17, 15) is 24.3 Å². The summed E-state index contributed by atoms with van der Waals surface area (Å²) >= 11 is 11.7. The number of halogens is 2. The number of carboxylic acids is 1. The first-order valence-electron chi connectivity index (χ1n) is 29.0. The molecule has 0 unspecified atom stereocenters. The normalized spacial score (nSPS) is 12.1. The number of aryl methyl sites for hydroxylation is 2. The number of hydrogen-bond acceptors (Lipinski definition) is 7. The highest BCUT2D eigenvalue weighted by molar-refractivity contribution is 6.30. The number of benzene rings is 8. The third kappa shape index (κ3) is 16.0. The minimum absolute atomic E-state index is 0.0947. The molecule has 2 aromatic heterocycles. The number of nitrogens with one attached hydrogen (secondary N) is 1. The van der Waals surface area contributed by atoms with Gasteiger partial charge in [0.25, 0.3) is 5.91 Å². The number of rotatable bonds is 13. The molecule has 0 aliphatic heterocycles. The van der Waals surface area contributed by atoms with E-state index in [1.165, 1.54) is 0 Å². The third-order valence-corrected chi connectivity index (χ3v) is 15.7. The predicted octanol–water partition coefficient (Wildman–Crippen LogP) is 18.1. The Kier molecular flexibility index (Phi) is 20.2. The summed E-state index contributed by atoms with van der Waals surface area (Å²) in [6.45, 7) is 24.8. The molecule has 0 bridgehead atoms. The summed E-state index contributed by atoms with van der Waals surface area (Å²) in [5, 5.41) is 15.9. The molecule has 2 atom stereocenters. The van der Waals surface area contributed by atoms with E-state index in [1.807, 2.05) is 190 Å². The maximum absolute atomic E-state index is 13.1. The Balaban J connectivity index is 0.000000198. The van der Waals surface area contributed by atoms with Crippen molar-refractivity contribution >= 4 is 68.8 Å². The topological polar surface area (TPSA) is 155 Å². The molecular weight excluding hydrogens is 1130 g/mol. The average Bonchev–Trinajstić information content (AvgIpc) is 2.11. The van der Waals surface area contributed by atoms with E-state index < -0.39 is 17.2 Å². The number of carbonyl (C=O) groups excluding carboxylic acids is 3. The van der Waals surface area contributed by atoms with E-state index in [4.69, 9.17) is 38.4 Å². The van der Waals surface area contributed by atoms with Crippen molar-refractivity contribution in [1.29, 1.82) is 0 Å². The van der Waals surface area contributed by atoms with Gasteiger partial charge in [0, 0.05) is 67.9 Å². The molecule has 11 nitrogen and oxygen atoms in total. The fourth-order valence-electron chi connectivity index (χ4n) is 10.3. The summed E-state index contributed by atoms with van der Waals surface area (Å²) in [5.74, 6) is -1.70. The van der Waals surface area contributed by atoms with E-state index >= 15 is 0 Å². The molecule has 2 heterocycles. The van der Waals surface area contributed by atoms with Gasteiger partial charge in [0.1, 0.15) is 11.2 Å². The van der Waals surface area contributed by atoms with Gasteiger partial charge in [-0.05, 0) is 212 Å². The van der Waals surface area contributed by atoms with Crippen LogP contribution in [-0.2, 0) is 22.6 Å². The van der Waals surface area contributed by atoms with Crippen LogP contribution >= 0.6 is 23.2 Å². The third-order valence-electron chi connectivity index (χ3n) is 15.2. The van der Waals surface area contributed by atoms with Gasteiger partial charge >= 0.3 is 17.9 Å². The van der Waals surface area contributed by atoms with Gasteiger partial charge in [-0.15, -0.1) is 0 Å². The van der Waals surface area contributed by atoms with Crippen molar-refractivity contribution in [2.75, 3.05) is 0 Å². The molecule has 0 saturated carbocycles. The highest BCUT2D eigenvalue weighted by Gasteiger charge is 2.23. The van der Waals surface area contributed by atoms with Crippen molar-refractivity contribution in [2.45, 2.75) is 119 Å². The summed E-state index contributed by atoms with van der Waals surface area (Å²) < 4.78 is 15.7. The van der Waals surface area contributed by atoms with Crippen LogP contribution in [0.15, 0.2) is 182 Å². The first-order chi connectivity index (χ1) is 41.2. The average molecular weight is 1200 g/mol. The van der Waals surface area contributed by atoms with E-state index in [-0.39, 0.29) is 29.9 Å². The van der Waals surface area contributed by atoms with E-state index in [0.29, 0.717) is 40.4 Å². The minimum Gasteiger partial charge on any atom is -0.478 e. The number of carbonyl (C=O) groups is 4. The Morgan fingerprint density at radius 1 is 0.517 bits per heavy atom. The molecule has 10 aromatic rings. The maximum Gasteiger partial charge on any atom is 0.339 e. The summed E-state index contributed by atoms with van der Waals surface area (Å²) in [6, 6.07) is 57.7. The van der Waals surface area contributed by atoms with E-state index in [1.54, 1.807) is 18.2 Å². The zero-order valence-electron chi connectivity index (χ0n) is 51.5. The summed E-state index contributed by atoms with van der Waals surface area (Å²) in [7, 11) is 0. The number of aromatic nitrogens is 2. The molecular formula is C74H76Cl2N4O7. The van der Waals surface area contributed by atoms with Crippen LogP contribution in [-0.4, -0.2) is 49.3 Å². The highest BCUT2D eigenvalue weighted by atomic mass is 35.5. The monoisotopic (exact) mass is 1200 g/mol. The van der Waals surface area contributed by atoms with Crippen molar-refractivity contribution < 1.29 is 33.8 Å². The number of hydrogen-bond donors (Lipinski definition) is 3. The molecule has 0 radical (unpaired) electrons. The fourth-order valence-corrected chi connectivity index (χ4v) is 10.6. The lowest BCUT2D eigenvalue weighted by Crippen LogP contribution is -2.26. The quantitative estimate of drug-likeness (QED) is 0.0964. The fraction of sp³-hybridized carbons (Fsp3) is 0.243. The van der Waals surface area contributed by atoms with E-state index in [0.717, 1.165) is 93.9 Å². The number of esters is 2. The van der Waals surface area contributed by atoms with Gasteiger partial charge in [-0.2, -0.15) is 0 Å². The molecule has 13 heteroatoms. The van der Waals surface area contributed by atoms with Gasteiger partial charge in [-0.3, -0.25) is 4.79 Å². The van der Waals surface area contributed by atoms with Crippen LogP contribution < -0.4 is 11.1 Å². The Bertz CT molecular complexity index is 4110. The molecule has 0 aliphatic rings. The van der Waals surface area contributed by atoms with Crippen LogP contribution in [0.4, 0.5) is 0 Å². The van der Waals surface area contributed by atoms with Gasteiger partial charge in [0.05, 0.1) is 22.7 Å². The number of nitrogens with zero attached hydrogens (tertiary/aromatic N) is 2. The van der Waals surface area contributed by atoms with Crippen LogP contribution in [0.2, 0.25) is 10.0 Å². The zero-order chi connectivity index (χ0) is 63.1. The number of ether oxygens (including phenoxy) is 2. The summed E-state index contributed by atoms with van der Waals surface area (Å²) in [5.41, 5.74) is 21.0. The number of nitrogens with two attached hydrogens (primary N) is 1. The standard InChI is InChI=1S/C37H37ClN2O3.C29H29NO4.C8H10ClN/c1-23-25(3)40(34-20-17-29(21-33(23)34)35(41)39-24(2)27-15-18-30(38)19-16-27)22-26-11-13-28(14-12-26)31-9-7-8-10-32(31)36(42)43-37(4,5)6;1-18-19(2)30(26-15-14-22(27(31)32)16-25(18)26)17-20-10-12-21(13-11-20)23-8-6-7-9-24(23)28(33)34-29(3,4)5;1-6(10)7-2-4-8(9)5-3-7/h7-21,24H,22H2,1-6H3,(H,39,41);6-16H,17H2,1-5H3,(H,31,32);2-6H,10H2,1H3/t24-;;6-/m0.0/s1. The lowest BCUT2D eigenvalue weighted by atomic mass is 9.98. The summed E-state index contributed by atoms with van der Waals surface area (Å²) in [6.07, 6.45) is 0. The SMILES string of the molecule is C[C@H](N)c1ccc(Cl)cc1.Cc1c(C)n(Cc2ccc(-c3ccccc3C(=O)OC(C)(C)C)cc2)c2ccc(C(=O)N[C@@H](C)c3ccc(Cl)cc3)cc12.Cc1c(C)n(Cc2ccc(-c3ccccc3C(=O)OC(C)(C)C)cc2)c2ccc(C(=O)O)cc12. The number of carboxylic acid groups (broad SMARTS) is 1. The number of amides is 1. The molecule has 4 N–H and O–H groups in total. The molecule has 0 aliphatic carbocycles. The van der Waals surface area contributed by atoms with Crippen LogP contribution in [0.3, 0.4) is 0 Å². The molecule has 87 heavy (non-hydrogen) atoms. The smallest absolute Gasteiger partial charge is 0.339 e. The lowest BCUT2D eigenvalue weighted by molar-refractivity contribution is 0.00578. The molecule has 0 spiro atoms. The van der Waals surface area contributed by atoms with Crippen molar-refractivity contribution in [1.82, 2.24) is 14.5 Å². The van der Waals surface area contributed by atoms with E-state index in [2.05, 4.69) is 71.6 Å². The number of aromatic carboxylic acids is 1. The van der Waals surface area contributed by atoms with Crippen molar-refractivity contribution in [3.63, 3.8) is 0 Å². The van der Waals surface area contributed by atoms with Crippen LogP contribution in [0.5, 0.6) is 0 Å². The first-order valence-corrected chi connectivity index (χ1v) is 29.7. The second-order valence-electron chi connectivity index (χ2n) is 23.9. The molecule has 0 saturated heterocycles. The highest BCUT2D eigenvalue weighted by Crippen LogP contribution is 2.33. The minimum atomic E-state index is -0.922. The molecule has 0 fully saturated rings. The Morgan fingerprint density at radius 3 is 1.29 bits per heavy atom. The predicted molar refractivity (Wildman–Crippen MR) is 353 cm³/mol. The van der Waals surface area contributed by atoms with Crippen LogP contribution in [0.1, 0.15) is 154 Å². The van der Waals surface area contributed by atoms with Crippen LogP contribution in [0, 0.1) is 27.7 Å². The Morgan fingerprint density at radius 2 is 0.897 bits per heavy atom. The Hall–Kier alpha value is -8.74. The lowest BCUT2D eigenvalue weighted by Gasteiger charge is -2.20. The van der Waals surface area contributed by atoms with Crippen molar-refractivity contribution in [2.24, 2.45) is 5.73 Å². The van der Waals surface area contributed by atoms with Gasteiger partial charge in [-0.1, -0.05) is 132 Å². The Labute approximate surface area is 520 Å². The van der Waals surface area contributed by atoms with Gasteiger partial charge in [0.15, 0.2) is 0 Å². The summed E-state index contributed by atoms with van der Waals surface area (Å²) in [4.78, 5) is 50.1. The van der Waals surface area contributed by atoms with Crippen LogP contribution in [0.25, 0.3) is 44.1 Å². The van der Waals surface area contributed by atoms with Crippen molar-refractivity contribution in [3.05, 3.63) is 259 Å². The second-order valence-corrected chi connectivity index (χ2v) is 24.8. The molecule has 10 rings (SSSR count). The van der Waals surface area contributed by atoms with Crippen molar-refractivity contribution in [3.8, 4) is 22.3 Å². The molecule has 448 valence electrons. The number of fused-ring (bicyclic) bond motifs is 2. The van der Waals surface area contributed by atoms with Gasteiger partial charge in [-0.25, -0.2) is 14.4 Å². The first kappa shape index (κ1) is 64.3. The largest absolute Gasteiger partial charge is 0.478 e. The van der Waals surface area contributed by atoms with Gasteiger partial charge in [0.2, 0.25) is 0 Å². The molecule has 1 amide bonds. The maximum atomic E-state index is 13.1. The molecule has 8 aromatic carbocycles. The zero-order valence-corrected chi connectivity index (χ0v) is 53.0. The second kappa shape index (κ2) is 27.3. The van der Waals surface area contributed by atoms with Gasteiger partial charge < -0.3 is 34.8 Å².